The highest BCUT2D eigenvalue weighted by Gasteiger charge is 2.62. The second kappa shape index (κ2) is 15.1. The van der Waals surface area contributed by atoms with Crippen molar-refractivity contribution in [1.29, 1.82) is 0 Å². The number of carboxylic acid groups (broad SMARTS) is 2. The van der Waals surface area contributed by atoms with Gasteiger partial charge in [-0.25, -0.2) is 9.59 Å². The van der Waals surface area contributed by atoms with E-state index in [1.807, 2.05) is 12.1 Å². The zero-order chi connectivity index (χ0) is 33.5. The molecule has 0 amide bonds. The third-order valence-corrected chi connectivity index (χ3v) is 11.5. The minimum atomic E-state index is -1.09. The maximum atomic E-state index is 12.5. The van der Waals surface area contributed by atoms with Crippen LogP contribution in [0.1, 0.15) is 83.6 Å². The normalized spacial score (nSPS) is 32.3. The maximum Gasteiger partial charge on any atom is 0.341 e. The van der Waals surface area contributed by atoms with Crippen LogP contribution in [0.2, 0.25) is 0 Å². The number of carbonyl (C=O) groups is 3. The minimum absolute atomic E-state index is 0.0146. The lowest BCUT2D eigenvalue weighted by molar-refractivity contribution is -0.156. The maximum absolute atomic E-state index is 12.5. The van der Waals surface area contributed by atoms with Crippen LogP contribution in [-0.2, 0) is 20.8 Å². The Kier molecular flexibility index (Phi) is 11.5. The Balaban J connectivity index is 0.000000731. The molecule has 46 heavy (non-hydrogen) atoms. The molecule has 0 bridgehead atoms. The number of aliphatic carboxylic acids is 2. The van der Waals surface area contributed by atoms with Crippen molar-refractivity contribution in [3.05, 3.63) is 23.8 Å². The zero-order valence-electron chi connectivity index (χ0n) is 26.9. The lowest BCUT2D eigenvalue weighted by Crippen LogP contribution is -2.57. The molecular weight excluding hydrogens is 584 g/mol. The number of ketones is 1. The lowest BCUT2D eigenvalue weighted by atomic mass is 9.42. The fourth-order valence-corrected chi connectivity index (χ4v) is 9.36. The molecule has 8 heteroatoms. The number of carboxylic acids is 2. The van der Waals surface area contributed by atoms with Crippen LogP contribution in [0.3, 0.4) is 0 Å². The van der Waals surface area contributed by atoms with Gasteiger partial charge >= 0.3 is 11.9 Å². The first-order chi connectivity index (χ1) is 21.9. The quantitative estimate of drug-likeness (QED) is 0.294. The smallest absolute Gasteiger partial charge is 0.341 e. The molecule has 0 aliphatic heterocycles. The summed E-state index contributed by atoms with van der Waals surface area (Å²) in [6, 6.07) is 5.14. The Labute approximate surface area is 272 Å². The summed E-state index contributed by atoms with van der Waals surface area (Å²) >= 11 is 0. The predicted molar refractivity (Wildman–Crippen MR) is 173 cm³/mol. The van der Waals surface area contributed by atoms with Crippen molar-refractivity contribution < 1.29 is 39.2 Å². The van der Waals surface area contributed by atoms with Crippen LogP contribution in [0.5, 0.6) is 11.5 Å². The van der Waals surface area contributed by atoms with E-state index in [1.165, 1.54) is 6.07 Å². The van der Waals surface area contributed by atoms with Crippen molar-refractivity contribution in [2.75, 3.05) is 13.2 Å². The summed E-state index contributed by atoms with van der Waals surface area (Å²) in [6.07, 6.45) is 19.5. The number of carbonyl (C=O) groups excluding carboxylic acids is 1. The van der Waals surface area contributed by atoms with E-state index in [4.69, 9.17) is 32.5 Å². The number of benzene rings is 1. The van der Waals surface area contributed by atoms with Gasteiger partial charge in [-0.2, -0.15) is 0 Å². The van der Waals surface area contributed by atoms with Gasteiger partial charge in [-0.15, -0.1) is 12.8 Å². The first-order valence-electron chi connectivity index (χ1n) is 16.4. The number of rotatable bonds is 10. The molecule has 0 spiro atoms. The molecule has 5 rings (SSSR count). The summed E-state index contributed by atoms with van der Waals surface area (Å²) in [5.41, 5.74) is 1.10. The Morgan fingerprint density at radius 2 is 1.52 bits per heavy atom. The van der Waals surface area contributed by atoms with Gasteiger partial charge in [0.2, 0.25) is 0 Å². The highest BCUT2D eigenvalue weighted by molar-refractivity contribution is 5.79. The van der Waals surface area contributed by atoms with Crippen molar-refractivity contribution in [3.8, 4) is 48.0 Å². The van der Waals surface area contributed by atoms with Crippen molar-refractivity contribution >= 4 is 17.7 Å². The second-order valence-electron chi connectivity index (χ2n) is 14.0. The molecule has 246 valence electrons. The third kappa shape index (κ3) is 7.89. The van der Waals surface area contributed by atoms with E-state index in [-0.39, 0.29) is 16.9 Å². The number of aliphatic hydroxyl groups excluding tert-OH is 1. The van der Waals surface area contributed by atoms with Crippen molar-refractivity contribution in [2.45, 2.75) is 90.6 Å². The van der Waals surface area contributed by atoms with Gasteiger partial charge in [-0.3, -0.25) is 4.79 Å². The molecule has 8 atom stereocenters. The third-order valence-electron chi connectivity index (χ3n) is 11.5. The van der Waals surface area contributed by atoms with Gasteiger partial charge in [0.15, 0.2) is 13.2 Å². The van der Waals surface area contributed by atoms with E-state index < -0.39 is 25.2 Å². The molecule has 0 saturated heterocycles. The van der Waals surface area contributed by atoms with Gasteiger partial charge in [0, 0.05) is 18.9 Å². The van der Waals surface area contributed by atoms with Crippen molar-refractivity contribution in [2.24, 2.45) is 40.4 Å². The fourth-order valence-electron chi connectivity index (χ4n) is 9.36. The van der Waals surface area contributed by atoms with Crippen LogP contribution in [0.4, 0.5) is 0 Å². The number of ether oxygens (including phenoxy) is 2. The molecule has 0 aromatic heterocycles. The number of fused-ring (bicyclic) bond motifs is 5. The van der Waals surface area contributed by atoms with E-state index in [1.54, 1.807) is 0 Å². The number of aryl methyl sites for hydroxylation is 1. The molecular formula is C38H46O8. The molecule has 3 N–H and O–H groups in total. The van der Waals surface area contributed by atoms with E-state index >= 15 is 0 Å². The van der Waals surface area contributed by atoms with Crippen molar-refractivity contribution in [3.63, 3.8) is 0 Å². The summed E-state index contributed by atoms with van der Waals surface area (Å²) in [4.78, 5) is 34.6. The van der Waals surface area contributed by atoms with Crippen molar-refractivity contribution in [1.82, 2.24) is 0 Å². The molecule has 4 fully saturated rings. The standard InChI is InChI=1S/C32H44O8.C6H2/c1-31-10-8-22(33)15-21(31)14-20(30-25-6-7-27(34)32(25,2)11-9-26(30)31)5-3-4-19-12-23(39-17-28(35)36)16-24(13-19)40-18-29(37)38;1-3-5-6-4-2/h12-13,16,20-21,25-27,30,34H,3-11,14-15,17-18H2,1-2H3,(H,35,36)(H,37,38);1-2H/t20-,21+,25+,26+,27+,30+,31+,32+;/m1./s1. The molecule has 8 nitrogen and oxygen atoms in total. The molecule has 0 unspecified atom stereocenters. The highest BCUT2D eigenvalue weighted by Crippen LogP contribution is 2.67. The summed E-state index contributed by atoms with van der Waals surface area (Å²) in [5, 5.41) is 29.0. The van der Waals surface area contributed by atoms with Crippen LogP contribution in [0.15, 0.2) is 18.2 Å². The van der Waals surface area contributed by atoms with Crippen LogP contribution >= 0.6 is 0 Å². The SMILES string of the molecule is C#CC#CC#C.C[C@]12CCC(=O)C[C@@H]1C[C@@H](CCCc1cc(OCC(=O)O)cc(OCC(=O)O)c1)[C@@H]1[C@@H]2CC[C@]2(C)[C@@H](O)CC[C@@H]12. The van der Waals surface area contributed by atoms with Gasteiger partial charge in [0.1, 0.15) is 17.3 Å². The number of hydrogen-bond donors (Lipinski definition) is 3. The highest BCUT2D eigenvalue weighted by atomic mass is 16.5. The van der Waals surface area contributed by atoms with Crippen LogP contribution in [0, 0.1) is 76.9 Å². The molecule has 0 heterocycles. The largest absolute Gasteiger partial charge is 0.482 e. The monoisotopic (exact) mass is 630 g/mol. The topological polar surface area (TPSA) is 130 Å². The molecule has 1 aromatic rings. The average molecular weight is 631 g/mol. The van der Waals surface area contributed by atoms with Gasteiger partial charge in [0.25, 0.3) is 0 Å². The minimum Gasteiger partial charge on any atom is -0.482 e. The van der Waals surface area contributed by atoms with Gasteiger partial charge in [-0.1, -0.05) is 13.8 Å². The average Bonchev–Trinajstić information content (AvgIpc) is 3.32. The van der Waals surface area contributed by atoms with Gasteiger partial charge in [-0.05, 0) is 140 Å². The number of Topliss-reactive ketones (excluding diaryl/α,β-unsaturated/α-hetero) is 1. The van der Waals surface area contributed by atoms with Crippen LogP contribution < -0.4 is 9.47 Å². The zero-order valence-corrected chi connectivity index (χ0v) is 26.9. The second-order valence-corrected chi connectivity index (χ2v) is 14.0. The summed E-state index contributed by atoms with van der Waals surface area (Å²) in [5.74, 6) is 10.1. The van der Waals surface area contributed by atoms with Gasteiger partial charge in [0.05, 0.1) is 6.10 Å². The first kappa shape index (κ1) is 34.9. The molecule has 0 radical (unpaired) electrons. The van der Waals surface area contributed by atoms with E-state index in [0.717, 1.165) is 63.4 Å². The summed E-state index contributed by atoms with van der Waals surface area (Å²) in [6.45, 7) is 3.78. The molecule has 4 aliphatic rings. The number of hydrogen-bond acceptors (Lipinski definition) is 6. The van der Waals surface area contributed by atoms with Gasteiger partial charge < -0.3 is 24.8 Å². The molecule has 1 aromatic carbocycles. The Hall–Kier alpha value is -3.93. The Morgan fingerprint density at radius 3 is 2.11 bits per heavy atom. The lowest BCUT2D eigenvalue weighted by Gasteiger charge is -2.62. The number of terminal acetylenes is 2. The first-order valence-corrected chi connectivity index (χ1v) is 16.4. The summed E-state index contributed by atoms with van der Waals surface area (Å²) in [7, 11) is 0. The van der Waals surface area contributed by atoms with Crippen LogP contribution in [-0.4, -0.2) is 52.4 Å². The predicted octanol–water partition coefficient (Wildman–Crippen LogP) is 5.39. The Morgan fingerprint density at radius 1 is 0.913 bits per heavy atom. The molecule has 4 saturated carbocycles. The van der Waals surface area contributed by atoms with E-state index in [9.17, 15) is 19.5 Å². The summed E-state index contributed by atoms with van der Waals surface area (Å²) < 4.78 is 10.8. The van der Waals surface area contributed by atoms with E-state index in [0.29, 0.717) is 59.7 Å². The Bertz CT molecular complexity index is 1380. The number of aliphatic hydroxyl groups is 1. The molecule has 4 aliphatic carbocycles. The van der Waals surface area contributed by atoms with E-state index in [2.05, 4.69) is 37.5 Å². The van der Waals surface area contributed by atoms with Crippen LogP contribution in [0.25, 0.3) is 0 Å². The fraction of sp³-hybridized carbons (Fsp3) is 0.605.